The molecule has 0 N–H and O–H groups in total. The average molecular weight is 766 g/mol. The van der Waals surface area contributed by atoms with Crippen LogP contribution in [0.3, 0.4) is 0 Å². The second kappa shape index (κ2) is 12.4. The highest BCUT2D eigenvalue weighted by molar-refractivity contribution is 7.26. The summed E-state index contributed by atoms with van der Waals surface area (Å²) >= 11 is 1.90. The fraction of sp³-hybridized carbons (Fsp3) is 0.0175. The van der Waals surface area contributed by atoms with Crippen LogP contribution < -0.4 is 4.90 Å². The van der Waals surface area contributed by atoms with Gasteiger partial charge in [0.25, 0.3) is 0 Å². The minimum atomic E-state index is -0.429. The van der Waals surface area contributed by atoms with Crippen molar-refractivity contribution in [1.29, 1.82) is 0 Å². The van der Waals surface area contributed by atoms with Crippen LogP contribution in [0.25, 0.3) is 75.1 Å². The van der Waals surface area contributed by atoms with Crippen LogP contribution in [0.2, 0.25) is 0 Å². The van der Waals surface area contributed by atoms with Gasteiger partial charge in [0.1, 0.15) is 0 Å². The lowest BCUT2D eigenvalue weighted by atomic mass is 9.70. The van der Waals surface area contributed by atoms with E-state index in [-0.39, 0.29) is 0 Å². The Morgan fingerprint density at radius 2 is 0.881 bits per heavy atom. The first-order chi connectivity index (χ1) is 29.3. The molecular weight excluding hydrogens is 731 g/mol. The lowest BCUT2D eigenvalue weighted by Gasteiger charge is -2.32. The topological polar surface area (TPSA) is 3.24 Å². The van der Waals surface area contributed by atoms with Crippen LogP contribution >= 0.6 is 11.3 Å². The molecule has 0 bridgehead atoms. The third kappa shape index (κ3) is 4.50. The molecule has 11 aromatic rings. The summed E-state index contributed by atoms with van der Waals surface area (Å²) in [6.07, 6.45) is 0. The van der Waals surface area contributed by atoms with Crippen LogP contribution in [-0.4, -0.2) is 0 Å². The molecule has 0 radical (unpaired) electrons. The molecule has 2 aliphatic rings. The van der Waals surface area contributed by atoms with Crippen molar-refractivity contribution in [2.75, 3.05) is 4.90 Å². The van der Waals surface area contributed by atoms with E-state index in [9.17, 15) is 0 Å². The third-order valence-corrected chi connectivity index (χ3v) is 14.3. The van der Waals surface area contributed by atoms with E-state index in [0.29, 0.717) is 0 Å². The first-order valence-electron chi connectivity index (χ1n) is 20.4. The minimum absolute atomic E-state index is 0.429. The summed E-state index contributed by atoms with van der Waals surface area (Å²) in [5, 5.41) is 7.71. The standard InChI is InChI=1S/C57H35NS/c1-3-16-41-36(13-1)15-11-21-42(41)38-27-30-39(31-28-38)58(53-26-12-22-48-55-43-17-4-2-14-37(43)29-34-54(55)59-56(48)53)40-32-33-47-46-20-7-10-25-51(46)57(52(47)35-40)49-23-8-5-18-44(49)45-19-6-9-24-50(45)57/h1-35H. The van der Waals surface area contributed by atoms with Gasteiger partial charge in [0.2, 0.25) is 0 Å². The van der Waals surface area contributed by atoms with Gasteiger partial charge in [-0.2, -0.15) is 0 Å². The number of anilines is 3. The van der Waals surface area contributed by atoms with Gasteiger partial charge in [0.15, 0.2) is 0 Å². The number of rotatable bonds is 4. The number of hydrogen-bond donors (Lipinski definition) is 0. The maximum Gasteiger partial charge on any atom is 0.0726 e. The summed E-state index contributed by atoms with van der Waals surface area (Å²) in [5.74, 6) is 0. The number of fused-ring (bicyclic) bond motifs is 16. The summed E-state index contributed by atoms with van der Waals surface area (Å²) in [4.78, 5) is 2.51. The van der Waals surface area contributed by atoms with Crippen molar-refractivity contribution in [2.24, 2.45) is 0 Å². The molecule has 2 heteroatoms. The molecule has 59 heavy (non-hydrogen) atoms. The zero-order valence-corrected chi connectivity index (χ0v) is 32.9. The fourth-order valence-corrected chi connectivity index (χ4v) is 11.9. The van der Waals surface area contributed by atoms with Crippen molar-refractivity contribution >= 4 is 70.1 Å². The molecule has 1 spiro atoms. The second-order valence-corrected chi connectivity index (χ2v) is 17.0. The van der Waals surface area contributed by atoms with Gasteiger partial charge in [0.05, 0.1) is 15.8 Å². The average Bonchev–Trinajstić information content (AvgIpc) is 3.94. The van der Waals surface area contributed by atoms with Crippen LogP contribution in [0, 0.1) is 0 Å². The van der Waals surface area contributed by atoms with Crippen molar-refractivity contribution in [3.8, 4) is 33.4 Å². The number of thiophene rings is 1. The minimum Gasteiger partial charge on any atom is -0.309 e. The molecule has 0 aliphatic heterocycles. The molecule has 0 amide bonds. The maximum absolute atomic E-state index is 2.51. The van der Waals surface area contributed by atoms with Crippen LogP contribution in [-0.2, 0) is 5.41 Å². The fourth-order valence-electron chi connectivity index (χ4n) is 10.6. The van der Waals surface area contributed by atoms with Crippen molar-refractivity contribution in [3.05, 3.63) is 235 Å². The summed E-state index contributed by atoms with van der Waals surface area (Å²) in [6.45, 7) is 0. The van der Waals surface area contributed by atoms with Gasteiger partial charge in [0, 0.05) is 26.8 Å². The molecule has 1 heterocycles. The Kier molecular flexibility index (Phi) is 6.87. The Hall–Kier alpha value is -7.26. The Morgan fingerprint density at radius 3 is 1.59 bits per heavy atom. The van der Waals surface area contributed by atoms with Gasteiger partial charge in [-0.25, -0.2) is 0 Å². The van der Waals surface area contributed by atoms with E-state index in [1.54, 1.807) is 0 Å². The van der Waals surface area contributed by atoms with Crippen LogP contribution in [0.4, 0.5) is 17.1 Å². The van der Waals surface area contributed by atoms with E-state index in [2.05, 4.69) is 217 Å². The number of hydrogen-bond acceptors (Lipinski definition) is 2. The summed E-state index contributed by atoms with van der Waals surface area (Å²) < 4.78 is 2.59. The molecule has 0 saturated heterocycles. The molecule has 1 nitrogen and oxygen atoms in total. The molecule has 1 aromatic heterocycles. The maximum atomic E-state index is 2.51. The first-order valence-corrected chi connectivity index (χ1v) is 21.2. The Morgan fingerprint density at radius 1 is 0.356 bits per heavy atom. The SMILES string of the molecule is c1ccc2c(c1)-c1ccccc1C21c2ccccc2-c2ccc(N(c3ccc(-c4cccc5ccccc45)cc3)c3cccc4c3sc3ccc5ccccc5c34)cc21. The molecule has 10 aromatic carbocycles. The third-order valence-electron chi connectivity index (χ3n) is 13.1. The van der Waals surface area contributed by atoms with E-state index >= 15 is 0 Å². The summed E-state index contributed by atoms with van der Waals surface area (Å²) in [5.41, 5.74) is 16.1. The zero-order valence-electron chi connectivity index (χ0n) is 32.1. The van der Waals surface area contributed by atoms with Crippen molar-refractivity contribution in [2.45, 2.75) is 5.41 Å². The van der Waals surface area contributed by atoms with E-state index in [1.807, 2.05) is 11.3 Å². The lowest BCUT2D eigenvalue weighted by Crippen LogP contribution is -2.26. The smallest absolute Gasteiger partial charge is 0.0726 e. The van der Waals surface area contributed by atoms with E-state index in [4.69, 9.17) is 0 Å². The monoisotopic (exact) mass is 765 g/mol. The lowest BCUT2D eigenvalue weighted by molar-refractivity contribution is 0.793. The molecule has 2 aliphatic carbocycles. The zero-order chi connectivity index (χ0) is 38.7. The largest absolute Gasteiger partial charge is 0.309 e. The van der Waals surface area contributed by atoms with Crippen LogP contribution in [0.5, 0.6) is 0 Å². The predicted octanol–water partition coefficient (Wildman–Crippen LogP) is 15.8. The van der Waals surface area contributed by atoms with Gasteiger partial charge >= 0.3 is 0 Å². The molecule has 0 fully saturated rings. The Labute approximate surface area is 346 Å². The van der Waals surface area contributed by atoms with Crippen molar-refractivity contribution < 1.29 is 0 Å². The van der Waals surface area contributed by atoms with Gasteiger partial charge in [-0.1, -0.05) is 176 Å². The van der Waals surface area contributed by atoms with Crippen LogP contribution in [0.15, 0.2) is 212 Å². The van der Waals surface area contributed by atoms with Gasteiger partial charge in [-0.3, -0.25) is 0 Å². The normalized spacial score (nSPS) is 13.2. The first kappa shape index (κ1) is 32.8. The quantitative estimate of drug-likeness (QED) is 0.172. The van der Waals surface area contributed by atoms with E-state index in [0.717, 1.165) is 11.4 Å². The predicted molar refractivity (Wildman–Crippen MR) is 251 cm³/mol. The van der Waals surface area contributed by atoms with Crippen LogP contribution in [0.1, 0.15) is 22.3 Å². The molecule has 0 unspecified atom stereocenters. The molecule has 274 valence electrons. The molecule has 13 rings (SSSR count). The Bertz CT molecular complexity index is 3450. The highest BCUT2D eigenvalue weighted by atomic mass is 32.1. The van der Waals surface area contributed by atoms with Crippen molar-refractivity contribution in [3.63, 3.8) is 0 Å². The molecular formula is C57H35NS. The molecule has 0 atom stereocenters. The van der Waals surface area contributed by atoms with Crippen molar-refractivity contribution in [1.82, 2.24) is 0 Å². The highest BCUT2D eigenvalue weighted by Gasteiger charge is 2.51. The summed E-state index contributed by atoms with van der Waals surface area (Å²) in [7, 11) is 0. The number of benzene rings is 10. The number of nitrogens with zero attached hydrogens (tertiary/aromatic N) is 1. The highest BCUT2D eigenvalue weighted by Crippen LogP contribution is 2.63. The van der Waals surface area contributed by atoms with Gasteiger partial charge in [-0.05, 0) is 114 Å². The summed E-state index contributed by atoms with van der Waals surface area (Å²) in [6, 6.07) is 79.2. The second-order valence-electron chi connectivity index (χ2n) is 15.9. The Balaban J connectivity index is 1.08. The van der Waals surface area contributed by atoms with E-state index < -0.39 is 5.41 Å². The van der Waals surface area contributed by atoms with Gasteiger partial charge in [-0.15, -0.1) is 11.3 Å². The van der Waals surface area contributed by atoms with E-state index in [1.165, 1.54) is 103 Å². The molecule has 0 saturated carbocycles. The van der Waals surface area contributed by atoms with Gasteiger partial charge < -0.3 is 4.90 Å².